The van der Waals surface area contributed by atoms with Crippen LogP contribution in [0, 0.1) is 0 Å². The smallest absolute Gasteiger partial charge is 0.243 e. The van der Waals surface area contributed by atoms with Gasteiger partial charge in [-0.2, -0.15) is 0 Å². The van der Waals surface area contributed by atoms with Gasteiger partial charge in [-0.05, 0) is 41.7 Å². The highest BCUT2D eigenvalue weighted by molar-refractivity contribution is 8.01. The summed E-state index contributed by atoms with van der Waals surface area (Å²) in [6, 6.07) is 23.8. The summed E-state index contributed by atoms with van der Waals surface area (Å²) in [6.45, 7) is 0.388. The number of aliphatic hydroxyl groups excluding tert-OH is 1. The van der Waals surface area contributed by atoms with Gasteiger partial charge in [0, 0.05) is 37.1 Å². The number of aromatic nitrogens is 1. The molecular formula is C32H35N3O6S2. The zero-order chi connectivity index (χ0) is 30.0. The van der Waals surface area contributed by atoms with Crippen LogP contribution in [0.3, 0.4) is 0 Å². The maximum Gasteiger partial charge on any atom is 0.243 e. The van der Waals surface area contributed by atoms with Crippen molar-refractivity contribution in [1.82, 2.24) is 15.8 Å². The molecule has 43 heavy (non-hydrogen) atoms. The van der Waals surface area contributed by atoms with Crippen LogP contribution in [0.25, 0.3) is 10.2 Å². The molecule has 4 N–H and O–H groups in total. The largest absolute Gasteiger partial charge is 0.392 e. The van der Waals surface area contributed by atoms with Crippen LogP contribution in [0.4, 0.5) is 0 Å². The second-order valence-corrected chi connectivity index (χ2v) is 12.7. The summed E-state index contributed by atoms with van der Waals surface area (Å²) in [5.74, 6) is 0.200. The molecule has 1 saturated heterocycles. The van der Waals surface area contributed by atoms with Gasteiger partial charge in [-0.1, -0.05) is 72.4 Å². The standard InChI is InChI=1S/C32H35N3O6S2/c36-19-22-11-13-23(14-12-22)27-17-25(20-42-32-34-26-5-1-2-6-28(26)43-32)40-31(41-27)24-15-9-21(10-16-24)18-33-29(37)7-3-4-8-30(38)35-39/h1-2,5-6,9-16,25,27,31,36,39H,3-4,7-8,17-20H2,(H,33,37)(H,35,38)/t25-,27+,31+/m0/s1. The number of thiazole rings is 1. The van der Waals surface area contributed by atoms with E-state index in [1.165, 1.54) is 4.70 Å². The number of ether oxygens (including phenoxy) is 2. The Morgan fingerprint density at radius 1 is 0.907 bits per heavy atom. The topological polar surface area (TPSA) is 130 Å². The van der Waals surface area contributed by atoms with Gasteiger partial charge in [-0.15, -0.1) is 11.3 Å². The number of rotatable bonds is 13. The molecule has 4 aromatic rings. The van der Waals surface area contributed by atoms with E-state index < -0.39 is 12.2 Å². The molecule has 0 saturated carbocycles. The number of thioether (sulfide) groups is 1. The molecule has 0 spiro atoms. The number of unbranched alkanes of at least 4 members (excludes halogenated alkanes) is 1. The van der Waals surface area contributed by atoms with Crippen molar-refractivity contribution in [3.63, 3.8) is 0 Å². The number of benzene rings is 3. The molecule has 3 atom stereocenters. The number of aliphatic hydroxyl groups is 1. The molecule has 3 aromatic carbocycles. The van der Waals surface area contributed by atoms with Gasteiger partial charge >= 0.3 is 0 Å². The minimum atomic E-state index is -0.558. The van der Waals surface area contributed by atoms with Gasteiger partial charge in [0.05, 0.1) is 29.0 Å². The number of para-hydroxylation sites is 1. The van der Waals surface area contributed by atoms with Crippen molar-refractivity contribution in [1.29, 1.82) is 0 Å². The molecule has 2 heterocycles. The Bertz CT molecular complexity index is 1460. The Morgan fingerprint density at radius 3 is 2.33 bits per heavy atom. The molecule has 1 aliphatic rings. The van der Waals surface area contributed by atoms with E-state index in [-0.39, 0.29) is 31.1 Å². The Morgan fingerprint density at radius 2 is 1.60 bits per heavy atom. The number of carbonyl (C=O) groups excluding carboxylic acids is 2. The summed E-state index contributed by atoms with van der Waals surface area (Å²) in [7, 11) is 0. The van der Waals surface area contributed by atoms with Crippen molar-refractivity contribution < 1.29 is 29.4 Å². The molecule has 11 heteroatoms. The number of nitrogens with one attached hydrogen (secondary N) is 2. The minimum absolute atomic E-state index is 0.00484. The second-order valence-electron chi connectivity index (χ2n) is 10.4. The lowest BCUT2D eigenvalue weighted by Gasteiger charge is -2.36. The van der Waals surface area contributed by atoms with E-state index in [1.807, 2.05) is 66.7 Å². The number of hydrogen-bond donors (Lipinski definition) is 4. The van der Waals surface area contributed by atoms with Crippen molar-refractivity contribution >= 4 is 45.1 Å². The van der Waals surface area contributed by atoms with Crippen LogP contribution in [0.15, 0.2) is 77.1 Å². The Balaban J connectivity index is 1.20. The molecule has 0 bridgehead atoms. The van der Waals surface area contributed by atoms with Gasteiger partial charge in [0.15, 0.2) is 10.6 Å². The van der Waals surface area contributed by atoms with Crippen molar-refractivity contribution in [2.75, 3.05) is 5.75 Å². The van der Waals surface area contributed by atoms with Crippen molar-refractivity contribution in [3.05, 3.63) is 95.1 Å². The van der Waals surface area contributed by atoms with Crippen LogP contribution in [0.1, 0.15) is 66.8 Å². The Kier molecular flexibility index (Phi) is 11.2. The quantitative estimate of drug-likeness (QED) is 0.0637. The second kappa shape index (κ2) is 15.4. The number of hydroxylamine groups is 1. The predicted molar refractivity (Wildman–Crippen MR) is 165 cm³/mol. The van der Waals surface area contributed by atoms with Crippen LogP contribution < -0.4 is 10.8 Å². The van der Waals surface area contributed by atoms with E-state index in [0.29, 0.717) is 32.2 Å². The summed E-state index contributed by atoms with van der Waals surface area (Å²) in [5, 5.41) is 20.9. The molecule has 0 aliphatic carbocycles. The fourth-order valence-corrected chi connectivity index (χ4v) is 6.92. The normalized spacial score (nSPS) is 18.4. The van der Waals surface area contributed by atoms with Gasteiger partial charge in [0.1, 0.15) is 0 Å². The molecule has 226 valence electrons. The van der Waals surface area contributed by atoms with E-state index >= 15 is 0 Å². The average molecular weight is 622 g/mol. The van der Waals surface area contributed by atoms with E-state index in [9.17, 15) is 14.7 Å². The van der Waals surface area contributed by atoms with Gasteiger partial charge in [0.2, 0.25) is 11.8 Å². The van der Waals surface area contributed by atoms with E-state index in [4.69, 9.17) is 19.7 Å². The average Bonchev–Trinajstić information content (AvgIpc) is 3.48. The summed E-state index contributed by atoms with van der Waals surface area (Å²) in [5.41, 5.74) is 6.33. The zero-order valence-electron chi connectivity index (χ0n) is 23.6. The van der Waals surface area contributed by atoms with Crippen molar-refractivity contribution in [2.45, 2.75) is 68.1 Å². The first kappa shape index (κ1) is 31.1. The molecule has 1 aliphatic heterocycles. The molecule has 0 radical (unpaired) electrons. The van der Waals surface area contributed by atoms with E-state index in [0.717, 1.165) is 37.9 Å². The summed E-state index contributed by atoms with van der Waals surface area (Å²) in [6.07, 6.45) is 1.50. The summed E-state index contributed by atoms with van der Waals surface area (Å²) < 4.78 is 15.1. The molecular weight excluding hydrogens is 587 g/mol. The lowest BCUT2D eigenvalue weighted by atomic mass is 10.0. The first-order chi connectivity index (χ1) is 21.0. The minimum Gasteiger partial charge on any atom is -0.392 e. The third-order valence-corrected chi connectivity index (χ3v) is 9.52. The monoisotopic (exact) mass is 621 g/mol. The third kappa shape index (κ3) is 8.85. The molecule has 0 unspecified atom stereocenters. The fourth-order valence-electron chi connectivity index (χ4n) is 4.81. The molecule has 9 nitrogen and oxygen atoms in total. The summed E-state index contributed by atoms with van der Waals surface area (Å²) >= 11 is 3.38. The number of hydrogen-bond acceptors (Lipinski definition) is 9. The van der Waals surface area contributed by atoms with Crippen molar-refractivity contribution in [3.8, 4) is 0 Å². The lowest BCUT2D eigenvalue weighted by molar-refractivity contribution is -0.245. The fraction of sp³-hybridized carbons (Fsp3) is 0.344. The van der Waals surface area contributed by atoms with Gasteiger partial charge in [0.25, 0.3) is 0 Å². The number of nitrogens with zero attached hydrogens (tertiary/aromatic N) is 1. The highest BCUT2D eigenvalue weighted by atomic mass is 32.2. The number of amides is 2. The predicted octanol–water partition coefficient (Wildman–Crippen LogP) is 5.81. The first-order valence-corrected chi connectivity index (χ1v) is 16.1. The SMILES string of the molecule is O=C(CCCCC(=O)NCc1ccc([C@@H]2O[C@H](CSc3nc4ccccc4s3)C[C@H](c3ccc(CO)cc3)O2)cc1)NO. The van der Waals surface area contributed by atoms with Crippen LogP contribution in [0.5, 0.6) is 0 Å². The van der Waals surface area contributed by atoms with Crippen LogP contribution in [-0.4, -0.2) is 39.0 Å². The van der Waals surface area contributed by atoms with Gasteiger partial charge < -0.3 is 19.9 Å². The van der Waals surface area contributed by atoms with Crippen LogP contribution in [0.2, 0.25) is 0 Å². The maximum atomic E-state index is 12.2. The molecule has 2 amide bonds. The molecule has 5 rings (SSSR count). The zero-order valence-corrected chi connectivity index (χ0v) is 25.2. The maximum absolute atomic E-state index is 12.2. The van der Waals surface area contributed by atoms with Gasteiger partial charge in [-0.3, -0.25) is 14.8 Å². The molecule has 1 fully saturated rings. The molecule has 1 aromatic heterocycles. The number of carbonyl (C=O) groups is 2. The van der Waals surface area contributed by atoms with Crippen LogP contribution in [-0.2, 0) is 32.2 Å². The van der Waals surface area contributed by atoms with Crippen molar-refractivity contribution in [2.24, 2.45) is 0 Å². The third-order valence-electron chi connectivity index (χ3n) is 7.21. The first-order valence-electron chi connectivity index (χ1n) is 14.3. The Hall–Kier alpha value is -3.32. The number of fused-ring (bicyclic) bond motifs is 1. The highest BCUT2D eigenvalue weighted by Gasteiger charge is 2.32. The van der Waals surface area contributed by atoms with E-state index in [1.54, 1.807) is 28.6 Å². The van der Waals surface area contributed by atoms with E-state index in [2.05, 4.69) is 11.4 Å². The van der Waals surface area contributed by atoms with Crippen LogP contribution >= 0.6 is 23.1 Å². The van der Waals surface area contributed by atoms with Gasteiger partial charge in [-0.25, -0.2) is 10.5 Å². The summed E-state index contributed by atoms with van der Waals surface area (Å²) in [4.78, 5) is 28.0. The Labute approximate surface area is 258 Å². The lowest BCUT2D eigenvalue weighted by Crippen LogP contribution is -2.31. The highest BCUT2D eigenvalue weighted by Crippen LogP contribution is 2.40.